The number of carbonyl (C=O) groups excluding carboxylic acids is 2. The number of rotatable bonds is 7. The molecule has 0 bridgehead atoms. The molecule has 3 aromatic rings. The predicted molar refractivity (Wildman–Crippen MR) is 120 cm³/mol. The summed E-state index contributed by atoms with van der Waals surface area (Å²) in [6, 6.07) is 22.2. The molecule has 6 heteroatoms. The van der Waals surface area contributed by atoms with E-state index in [1.54, 1.807) is 42.5 Å². The van der Waals surface area contributed by atoms with Crippen LogP contribution in [0.2, 0.25) is 0 Å². The lowest BCUT2D eigenvalue weighted by molar-refractivity contribution is 0.0950. The van der Waals surface area contributed by atoms with Crippen molar-refractivity contribution in [3.63, 3.8) is 0 Å². The van der Waals surface area contributed by atoms with Crippen LogP contribution >= 0.6 is 15.9 Å². The van der Waals surface area contributed by atoms with Crippen LogP contribution in [-0.4, -0.2) is 17.9 Å². The third kappa shape index (κ3) is 5.27. The summed E-state index contributed by atoms with van der Waals surface area (Å²) >= 11 is 3.45. The minimum Gasteiger partial charge on any atom is -0.488 e. The van der Waals surface area contributed by atoms with Gasteiger partial charge in [0, 0.05) is 21.8 Å². The van der Waals surface area contributed by atoms with Crippen LogP contribution in [0.25, 0.3) is 0 Å². The fourth-order valence-electron chi connectivity index (χ4n) is 2.97. The molecule has 1 saturated carbocycles. The summed E-state index contributed by atoms with van der Waals surface area (Å²) in [5.74, 6) is 0.159. The summed E-state index contributed by atoms with van der Waals surface area (Å²) < 4.78 is 6.87. The van der Waals surface area contributed by atoms with Gasteiger partial charge in [0.05, 0.1) is 5.56 Å². The van der Waals surface area contributed by atoms with Gasteiger partial charge in [0.1, 0.15) is 12.4 Å². The summed E-state index contributed by atoms with van der Waals surface area (Å²) in [4.78, 5) is 24.9. The van der Waals surface area contributed by atoms with E-state index >= 15 is 0 Å². The number of hydrogen-bond donors (Lipinski definition) is 2. The highest BCUT2D eigenvalue weighted by Crippen LogP contribution is 2.23. The molecule has 1 fully saturated rings. The van der Waals surface area contributed by atoms with Crippen molar-refractivity contribution < 1.29 is 14.3 Å². The Balaban J connectivity index is 1.41. The Kier molecular flexibility index (Phi) is 6.14. The van der Waals surface area contributed by atoms with E-state index in [1.165, 1.54) is 0 Å². The van der Waals surface area contributed by atoms with E-state index in [9.17, 15) is 9.59 Å². The number of hydrogen-bond acceptors (Lipinski definition) is 3. The molecule has 0 spiro atoms. The van der Waals surface area contributed by atoms with Crippen LogP contribution in [-0.2, 0) is 6.61 Å². The first kappa shape index (κ1) is 20.2. The van der Waals surface area contributed by atoms with Crippen LogP contribution in [0, 0.1) is 0 Å². The van der Waals surface area contributed by atoms with Crippen molar-refractivity contribution in [2.45, 2.75) is 25.5 Å². The summed E-state index contributed by atoms with van der Waals surface area (Å²) in [6.07, 6.45) is 2.09. The molecule has 3 aromatic carbocycles. The van der Waals surface area contributed by atoms with Crippen LogP contribution in [0.15, 0.2) is 77.3 Å². The molecule has 0 aromatic heterocycles. The van der Waals surface area contributed by atoms with E-state index in [1.807, 2.05) is 30.3 Å². The zero-order valence-electron chi connectivity index (χ0n) is 16.2. The average Bonchev–Trinajstić information content (AvgIpc) is 3.57. The summed E-state index contributed by atoms with van der Waals surface area (Å²) in [5.41, 5.74) is 2.64. The molecule has 2 amide bonds. The second-order valence-electron chi connectivity index (χ2n) is 7.19. The summed E-state index contributed by atoms with van der Waals surface area (Å²) in [6.45, 7) is 0.356. The number of nitrogens with one attached hydrogen (secondary N) is 2. The Bertz CT molecular complexity index is 1060. The lowest BCUT2D eigenvalue weighted by atomic mass is 10.1. The van der Waals surface area contributed by atoms with E-state index in [4.69, 9.17) is 4.74 Å². The molecular formula is C24H21BrN2O3. The predicted octanol–water partition coefficient (Wildman–Crippen LogP) is 5.17. The lowest BCUT2D eigenvalue weighted by Crippen LogP contribution is -2.25. The van der Waals surface area contributed by atoms with Crippen molar-refractivity contribution in [3.05, 3.63) is 94.0 Å². The number of amides is 2. The number of carbonyl (C=O) groups is 2. The largest absolute Gasteiger partial charge is 0.488 e. The van der Waals surface area contributed by atoms with Crippen molar-refractivity contribution in [1.82, 2.24) is 5.32 Å². The smallest absolute Gasteiger partial charge is 0.259 e. The number of halogens is 1. The zero-order chi connectivity index (χ0) is 20.9. The van der Waals surface area contributed by atoms with Crippen LogP contribution in [0.1, 0.15) is 39.1 Å². The molecule has 0 radical (unpaired) electrons. The zero-order valence-corrected chi connectivity index (χ0v) is 17.8. The highest BCUT2D eigenvalue weighted by molar-refractivity contribution is 9.10. The second-order valence-corrected chi connectivity index (χ2v) is 8.11. The first-order valence-electron chi connectivity index (χ1n) is 9.77. The van der Waals surface area contributed by atoms with Gasteiger partial charge in [-0.15, -0.1) is 0 Å². The fourth-order valence-corrected chi connectivity index (χ4v) is 3.41. The molecule has 0 aliphatic heterocycles. The molecule has 1 aliphatic rings. The van der Waals surface area contributed by atoms with Gasteiger partial charge in [0.2, 0.25) is 0 Å². The van der Waals surface area contributed by atoms with Crippen LogP contribution in [0.5, 0.6) is 5.75 Å². The van der Waals surface area contributed by atoms with Gasteiger partial charge in [-0.05, 0) is 66.9 Å². The summed E-state index contributed by atoms with van der Waals surface area (Å²) in [5, 5.41) is 5.82. The maximum absolute atomic E-state index is 12.8. The second kappa shape index (κ2) is 9.13. The van der Waals surface area contributed by atoms with Gasteiger partial charge in [0.25, 0.3) is 11.8 Å². The van der Waals surface area contributed by atoms with Gasteiger partial charge in [-0.1, -0.05) is 40.2 Å². The van der Waals surface area contributed by atoms with Crippen molar-refractivity contribution in [2.75, 3.05) is 5.32 Å². The molecule has 1 aliphatic carbocycles. The molecule has 2 N–H and O–H groups in total. The first-order chi connectivity index (χ1) is 14.6. The fraction of sp³-hybridized carbons (Fsp3) is 0.167. The maximum Gasteiger partial charge on any atom is 0.259 e. The van der Waals surface area contributed by atoms with E-state index in [0.717, 1.165) is 22.9 Å². The molecule has 0 unspecified atom stereocenters. The summed E-state index contributed by atoms with van der Waals surface area (Å²) in [7, 11) is 0. The van der Waals surface area contributed by atoms with Crippen molar-refractivity contribution in [1.29, 1.82) is 0 Å². The minimum atomic E-state index is -0.268. The van der Waals surface area contributed by atoms with E-state index in [2.05, 4.69) is 26.6 Å². The molecule has 0 saturated heterocycles. The third-order valence-corrected chi connectivity index (χ3v) is 5.23. The van der Waals surface area contributed by atoms with Crippen molar-refractivity contribution in [2.24, 2.45) is 0 Å². The normalized spacial score (nSPS) is 12.8. The highest BCUT2D eigenvalue weighted by Gasteiger charge is 2.23. The van der Waals surface area contributed by atoms with Crippen LogP contribution in [0.3, 0.4) is 0 Å². The average molecular weight is 465 g/mol. The van der Waals surface area contributed by atoms with Crippen LogP contribution < -0.4 is 15.4 Å². The van der Waals surface area contributed by atoms with Gasteiger partial charge < -0.3 is 15.4 Å². The number of para-hydroxylation sites is 1. The van der Waals surface area contributed by atoms with Gasteiger partial charge in [-0.25, -0.2) is 0 Å². The molecular weight excluding hydrogens is 444 g/mol. The van der Waals surface area contributed by atoms with Gasteiger partial charge in [-0.3, -0.25) is 9.59 Å². The van der Waals surface area contributed by atoms with Crippen LogP contribution in [0.4, 0.5) is 5.69 Å². The third-order valence-electron chi connectivity index (χ3n) is 4.73. The minimum absolute atomic E-state index is 0.0818. The van der Waals surface area contributed by atoms with Gasteiger partial charge >= 0.3 is 0 Å². The van der Waals surface area contributed by atoms with E-state index < -0.39 is 0 Å². The lowest BCUT2D eigenvalue weighted by Gasteiger charge is -2.12. The Hall–Kier alpha value is -3.12. The molecule has 0 atom stereocenters. The Morgan fingerprint density at radius 1 is 0.933 bits per heavy atom. The van der Waals surface area contributed by atoms with E-state index in [0.29, 0.717) is 35.2 Å². The quantitative estimate of drug-likeness (QED) is 0.506. The molecule has 30 heavy (non-hydrogen) atoms. The molecule has 0 heterocycles. The van der Waals surface area contributed by atoms with Gasteiger partial charge in [-0.2, -0.15) is 0 Å². The standard InChI is InChI=1S/C24H21BrN2O3/c25-18-5-3-4-16(14-18)15-30-22-7-2-1-6-21(22)24(29)27-19-10-8-17(9-11-19)23(28)26-20-12-13-20/h1-11,14,20H,12-13,15H2,(H,26,28)(H,27,29). The highest BCUT2D eigenvalue weighted by atomic mass is 79.9. The number of anilines is 1. The van der Waals surface area contributed by atoms with E-state index in [-0.39, 0.29) is 11.8 Å². The Morgan fingerprint density at radius 3 is 2.43 bits per heavy atom. The monoisotopic (exact) mass is 464 g/mol. The molecule has 152 valence electrons. The van der Waals surface area contributed by atoms with Crippen molar-refractivity contribution >= 4 is 33.4 Å². The van der Waals surface area contributed by atoms with Gasteiger partial charge in [0.15, 0.2) is 0 Å². The Morgan fingerprint density at radius 2 is 1.70 bits per heavy atom. The molecule has 4 rings (SSSR count). The number of benzene rings is 3. The maximum atomic E-state index is 12.8. The van der Waals surface area contributed by atoms with Crippen molar-refractivity contribution in [3.8, 4) is 5.75 Å². The Labute approximate surface area is 183 Å². The first-order valence-corrected chi connectivity index (χ1v) is 10.6. The molecule has 5 nitrogen and oxygen atoms in total. The topological polar surface area (TPSA) is 67.4 Å². The SMILES string of the molecule is O=C(NC1CC1)c1ccc(NC(=O)c2ccccc2OCc2cccc(Br)c2)cc1. The number of ether oxygens (including phenoxy) is 1.